The van der Waals surface area contributed by atoms with Crippen LogP contribution in [-0.2, 0) is 28.6 Å². The van der Waals surface area contributed by atoms with Crippen LogP contribution in [0.15, 0.2) is 97.2 Å². The van der Waals surface area contributed by atoms with Gasteiger partial charge in [0.1, 0.15) is 13.2 Å². The molecule has 328 valence electrons. The number of carbonyl (C=O) groups excluding carboxylic acids is 3. The second-order valence-corrected chi connectivity index (χ2v) is 14.9. The molecule has 0 aromatic rings. The molecular weight excluding hydrogens is 721 g/mol. The maximum absolute atomic E-state index is 12.7. The Morgan fingerprint density at radius 2 is 0.690 bits per heavy atom. The largest absolute Gasteiger partial charge is 0.462 e. The fraction of sp³-hybridized carbons (Fsp3) is 0.635. The first-order valence-electron chi connectivity index (χ1n) is 23.2. The van der Waals surface area contributed by atoms with E-state index in [1.165, 1.54) is 57.8 Å². The maximum Gasteiger partial charge on any atom is 0.306 e. The van der Waals surface area contributed by atoms with Gasteiger partial charge in [-0.05, 0) is 109 Å². The van der Waals surface area contributed by atoms with Crippen molar-refractivity contribution in [2.75, 3.05) is 13.2 Å². The van der Waals surface area contributed by atoms with Crippen LogP contribution in [0.4, 0.5) is 0 Å². The molecule has 0 spiro atoms. The lowest BCUT2D eigenvalue weighted by Gasteiger charge is -2.18. The van der Waals surface area contributed by atoms with E-state index in [2.05, 4.69) is 118 Å². The van der Waals surface area contributed by atoms with E-state index in [0.717, 1.165) is 83.5 Å². The van der Waals surface area contributed by atoms with Crippen molar-refractivity contribution in [3.8, 4) is 0 Å². The second kappa shape index (κ2) is 46.0. The third-order valence-corrected chi connectivity index (χ3v) is 9.29. The topological polar surface area (TPSA) is 78.9 Å². The van der Waals surface area contributed by atoms with Gasteiger partial charge in [0.15, 0.2) is 6.10 Å². The third kappa shape index (κ3) is 43.5. The summed E-state index contributed by atoms with van der Waals surface area (Å²) < 4.78 is 16.6. The molecule has 0 fully saturated rings. The molecule has 1 unspecified atom stereocenters. The summed E-state index contributed by atoms with van der Waals surface area (Å²) in [4.78, 5) is 37.7. The Labute approximate surface area is 356 Å². The van der Waals surface area contributed by atoms with Crippen LogP contribution in [0.1, 0.15) is 194 Å². The van der Waals surface area contributed by atoms with Crippen molar-refractivity contribution in [2.24, 2.45) is 0 Å². The van der Waals surface area contributed by atoms with E-state index in [0.29, 0.717) is 19.3 Å². The lowest BCUT2D eigenvalue weighted by molar-refractivity contribution is -0.167. The zero-order chi connectivity index (χ0) is 42.3. The number of rotatable bonds is 40. The maximum atomic E-state index is 12.7. The Bertz CT molecular complexity index is 1200. The molecule has 0 aromatic heterocycles. The van der Waals surface area contributed by atoms with Crippen molar-refractivity contribution < 1.29 is 28.6 Å². The van der Waals surface area contributed by atoms with Crippen LogP contribution in [0.3, 0.4) is 0 Å². The van der Waals surface area contributed by atoms with Crippen LogP contribution in [0.2, 0.25) is 0 Å². The Hall–Kier alpha value is -3.67. The number of allylic oxidation sites excluding steroid dienone is 16. The summed E-state index contributed by atoms with van der Waals surface area (Å²) in [7, 11) is 0. The number of esters is 3. The van der Waals surface area contributed by atoms with E-state index in [9.17, 15) is 14.4 Å². The summed E-state index contributed by atoms with van der Waals surface area (Å²) in [6, 6.07) is 0. The van der Waals surface area contributed by atoms with E-state index in [1.807, 2.05) is 0 Å². The molecule has 0 aromatic carbocycles. The highest BCUT2D eigenvalue weighted by Crippen LogP contribution is 2.11. The van der Waals surface area contributed by atoms with Gasteiger partial charge >= 0.3 is 17.9 Å². The van der Waals surface area contributed by atoms with Crippen LogP contribution >= 0.6 is 0 Å². The molecule has 0 N–H and O–H groups in total. The van der Waals surface area contributed by atoms with E-state index in [1.54, 1.807) is 0 Å². The van der Waals surface area contributed by atoms with E-state index in [-0.39, 0.29) is 44.0 Å². The lowest BCUT2D eigenvalue weighted by Crippen LogP contribution is -2.30. The molecule has 6 heteroatoms. The zero-order valence-corrected chi connectivity index (χ0v) is 37.3. The van der Waals surface area contributed by atoms with Gasteiger partial charge in [0.25, 0.3) is 0 Å². The normalized spacial score (nSPS) is 12.9. The zero-order valence-electron chi connectivity index (χ0n) is 37.3. The predicted octanol–water partition coefficient (Wildman–Crippen LogP) is 15.0. The fourth-order valence-electron chi connectivity index (χ4n) is 5.80. The van der Waals surface area contributed by atoms with E-state index in [4.69, 9.17) is 14.2 Å². The van der Waals surface area contributed by atoms with Crippen molar-refractivity contribution in [1.82, 2.24) is 0 Å². The first-order valence-corrected chi connectivity index (χ1v) is 23.2. The number of unbranched alkanes of at least 4 members (excludes halogenated alkanes) is 13. The summed E-state index contributed by atoms with van der Waals surface area (Å²) in [6.07, 6.45) is 59.7. The van der Waals surface area contributed by atoms with Crippen LogP contribution in [0.25, 0.3) is 0 Å². The highest BCUT2D eigenvalue weighted by molar-refractivity contribution is 5.71. The molecule has 0 rings (SSSR count). The molecule has 0 saturated heterocycles. The van der Waals surface area contributed by atoms with Gasteiger partial charge in [-0.25, -0.2) is 0 Å². The lowest BCUT2D eigenvalue weighted by atomic mass is 10.1. The van der Waals surface area contributed by atoms with Crippen LogP contribution < -0.4 is 0 Å². The van der Waals surface area contributed by atoms with Gasteiger partial charge < -0.3 is 14.2 Å². The first kappa shape index (κ1) is 54.3. The summed E-state index contributed by atoms with van der Waals surface area (Å²) in [6.45, 7) is 6.33. The molecule has 0 aliphatic rings. The number of hydrogen-bond donors (Lipinski definition) is 0. The summed E-state index contributed by atoms with van der Waals surface area (Å²) in [5.74, 6) is -1.05. The molecule has 0 radical (unpaired) electrons. The van der Waals surface area contributed by atoms with Crippen molar-refractivity contribution in [3.05, 3.63) is 97.2 Å². The summed E-state index contributed by atoms with van der Waals surface area (Å²) in [5, 5.41) is 0. The van der Waals surface area contributed by atoms with Crippen molar-refractivity contribution >= 4 is 17.9 Å². The minimum Gasteiger partial charge on any atom is -0.462 e. The second-order valence-electron chi connectivity index (χ2n) is 14.9. The SMILES string of the molecule is CC/C=C\C/C=C\C/C=C\CCCC(=O)OCC(COC(=O)CCC/C=C\C/C=C\C/C=C\C/C=C\CCCCC)OC(=O)CCCCCCC/C=C\CCCCC. The number of hydrogen-bond acceptors (Lipinski definition) is 6. The Morgan fingerprint density at radius 1 is 0.362 bits per heavy atom. The smallest absolute Gasteiger partial charge is 0.306 e. The minimum absolute atomic E-state index is 0.126. The fourth-order valence-corrected chi connectivity index (χ4v) is 5.80. The van der Waals surface area contributed by atoms with Gasteiger partial charge in [0, 0.05) is 19.3 Å². The van der Waals surface area contributed by atoms with Crippen LogP contribution in [0, 0.1) is 0 Å². The van der Waals surface area contributed by atoms with Gasteiger partial charge in [-0.1, -0.05) is 163 Å². The molecule has 0 heterocycles. The van der Waals surface area contributed by atoms with Crippen molar-refractivity contribution in [3.63, 3.8) is 0 Å². The van der Waals surface area contributed by atoms with Gasteiger partial charge in [-0.2, -0.15) is 0 Å². The van der Waals surface area contributed by atoms with Crippen molar-refractivity contribution in [2.45, 2.75) is 200 Å². The highest BCUT2D eigenvalue weighted by atomic mass is 16.6. The molecular formula is C52H84O6. The monoisotopic (exact) mass is 805 g/mol. The highest BCUT2D eigenvalue weighted by Gasteiger charge is 2.19. The molecule has 0 amide bonds. The van der Waals surface area contributed by atoms with Crippen molar-refractivity contribution in [1.29, 1.82) is 0 Å². The van der Waals surface area contributed by atoms with E-state index >= 15 is 0 Å². The number of carbonyl (C=O) groups is 3. The Kier molecular flexibility index (Phi) is 43.1. The molecule has 58 heavy (non-hydrogen) atoms. The molecule has 0 aliphatic carbocycles. The Morgan fingerprint density at radius 3 is 1.12 bits per heavy atom. The van der Waals surface area contributed by atoms with E-state index < -0.39 is 6.10 Å². The average molecular weight is 805 g/mol. The number of ether oxygens (including phenoxy) is 3. The molecule has 0 bridgehead atoms. The van der Waals surface area contributed by atoms with Gasteiger partial charge in [-0.3, -0.25) is 14.4 Å². The molecule has 0 aliphatic heterocycles. The quantitative estimate of drug-likeness (QED) is 0.0266. The van der Waals surface area contributed by atoms with Crippen LogP contribution in [-0.4, -0.2) is 37.2 Å². The standard InChI is InChI=1S/C52H84O6/c1-4-7-10-13-16-19-22-24-25-26-27-28-31-33-36-39-42-45-51(54)57-48-49(47-56-50(53)44-41-38-35-32-29-21-18-15-12-9-6-3)58-52(55)46-43-40-37-34-30-23-20-17-14-11-8-5-2/h9,12,16-21,24-25,27-28,32-33,35-36,49H,4-8,10-11,13-15,22-23,26,29-31,34,37-48H2,1-3H3/b12-9-,19-16-,20-17-,21-18-,25-24-,28-27-,35-32-,36-33-. The average Bonchev–Trinajstić information content (AvgIpc) is 3.22. The third-order valence-electron chi connectivity index (χ3n) is 9.29. The summed E-state index contributed by atoms with van der Waals surface area (Å²) in [5.41, 5.74) is 0. The minimum atomic E-state index is -0.822. The first-order chi connectivity index (χ1) is 28.5. The molecule has 1 atom stereocenters. The summed E-state index contributed by atoms with van der Waals surface area (Å²) >= 11 is 0. The van der Waals surface area contributed by atoms with Gasteiger partial charge in [0.2, 0.25) is 0 Å². The van der Waals surface area contributed by atoms with Gasteiger partial charge in [-0.15, -0.1) is 0 Å². The molecule has 6 nitrogen and oxygen atoms in total. The molecule has 0 saturated carbocycles. The predicted molar refractivity (Wildman–Crippen MR) is 247 cm³/mol. The van der Waals surface area contributed by atoms with Gasteiger partial charge in [0.05, 0.1) is 0 Å². The Balaban J connectivity index is 4.54. The van der Waals surface area contributed by atoms with Crippen LogP contribution in [0.5, 0.6) is 0 Å².